The summed E-state index contributed by atoms with van der Waals surface area (Å²) in [5, 5.41) is 0. The first-order valence-corrected chi connectivity index (χ1v) is 6.07. The van der Waals surface area contributed by atoms with Crippen LogP contribution in [0.4, 0.5) is 0 Å². The zero-order valence-electron chi connectivity index (χ0n) is 10.9. The van der Waals surface area contributed by atoms with Crippen molar-refractivity contribution in [3.63, 3.8) is 0 Å². The van der Waals surface area contributed by atoms with Crippen LogP contribution < -0.4 is 10.5 Å². The van der Waals surface area contributed by atoms with Gasteiger partial charge in [-0.15, -0.1) is 0 Å². The number of ether oxygens (including phenoxy) is 2. The highest BCUT2D eigenvalue weighted by molar-refractivity contribution is 5.62. The minimum atomic E-state index is 0.370. The highest BCUT2D eigenvalue weighted by Crippen LogP contribution is 2.22. The molecule has 0 aliphatic carbocycles. The molecule has 19 heavy (non-hydrogen) atoms. The van der Waals surface area contributed by atoms with Gasteiger partial charge in [-0.25, -0.2) is 0 Å². The van der Waals surface area contributed by atoms with Crippen LogP contribution >= 0.6 is 0 Å². The Hall–Kier alpha value is -1.98. The molecule has 0 saturated heterocycles. The fourth-order valence-corrected chi connectivity index (χ4v) is 1.71. The van der Waals surface area contributed by atoms with E-state index in [1.807, 2.05) is 24.3 Å². The summed E-state index contributed by atoms with van der Waals surface area (Å²) in [6.45, 7) is 1.48. The molecular weight excluding hydrogens is 242 g/mol. The van der Waals surface area contributed by atoms with Crippen molar-refractivity contribution in [2.75, 3.05) is 20.3 Å². The van der Waals surface area contributed by atoms with Crippen molar-refractivity contribution in [3.05, 3.63) is 42.4 Å². The highest BCUT2D eigenvalue weighted by Gasteiger charge is 2.06. The van der Waals surface area contributed by atoms with Crippen molar-refractivity contribution < 1.29 is 9.47 Å². The summed E-state index contributed by atoms with van der Waals surface area (Å²) >= 11 is 0. The van der Waals surface area contributed by atoms with E-state index in [0.717, 1.165) is 22.7 Å². The van der Waals surface area contributed by atoms with Crippen LogP contribution in [0, 0.1) is 0 Å². The van der Waals surface area contributed by atoms with Gasteiger partial charge in [-0.2, -0.15) is 0 Å². The Morgan fingerprint density at radius 2 is 1.79 bits per heavy atom. The van der Waals surface area contributed by atoms with Crippen LogP contribution in [0.1, 0.15) is 5.69 Å². The first-order valence-electron chi connectivity index (χ1n) is 6.07. The SMILES string of the molecule is COCCOc1ccc(-c2nccnc2CN)cc1. The normalized spacial score (nSPS) is 10.4. The van der Waals surface area contributed by atoms with Crippen LogP contribution in [-0.2, 0) is 11.3 Å². The van der Waals surface area contributed by atoms with Gasteiger partial charge >= 0.3 is 0 Å². The van der Waals surface area contributed by atoms with Gasteiger partial charge in [-0.3, -0.25) is 9.97 Å². The number of nitrogens with zero attached hydrogens (tertiary/aromatic N) is 2. The van der Waals surface area contributed by atoms with Crippen LogP contribution in [0.5, 0.6) is 5.75 Å². The van der Waals surface area contributed by atoms with E-state index < -0.39 is 0 Å². The Morgan fingerprint density at radius 3 is 2.47 bits per heavy atom. The first-order chi connectivity index (χ1) is 9.35. The van der Waals surface area contributed by atoms with Crippen molar-refractivity contribution in [2.45, 2.75) is 6.54 Å². The third kappa shape index (κ3) is 3.49. The minimum absolute atomic E-state index is 0.370. The third-order valence-corrected chi connectivity index (χ3v) is 2.65. The Balaban J connectivity index is 2.13. The molecule has 2 N–H and O–H groups in total. The molecule has 0 atom stereocenters. The van der Waals surface area contributed by atoms with Crippen LogP contribution in [-0.4, -0.2) is 30.3 Å². The first kappa shape index (κ1) is 13.5. The average Bonchev–Trinajstić information content (AvgIpc) is 2.48. The lowest BCUT2D eigenvalue weighted by molar-refractivity contribution is 0.146. The molecule has 0 aliphatic heterocycles. The maximum Gasteiger partial charge on any atom is 0.119 e. The van der Waals surface area contributed by atoms with Gasteiger partial charge in [0, 0.05) is 31.6 Å². The molecule has 2 rings (SSSR count). The number of rotatable bonds is 6. The van der Waals surface area contributed by atoms with Gasteiger partial charge in [0.2, 0.25) is 0 Å². The molecule has 0 bridgehead atoms. The number of hydrogen-bond acceptors (Lipinski definition) is 5. The largest absolute Gasteiger partial charge is 0.491 e. The molecule has 0 radical (unpaired) electrons. The Kier molecular flexibility index (Phi) is 4.83. The third-order valence-electron chi connectivity index (χ3n) is 2.65. The smallest absolute Gasteiger partial charge is 0.119 e. The monoisotopic (exact) mass is 259 g/mol. The van der Waals surface area contributed by atoms with E-state index in [1.165, 1.54) is 0 Å². The molecule has 0 amide bonds. The molecule has 5 heteroatoms. The second-order valence-corrected chi connectivity index (χ2v) is 3.92. The Bertz CT molecular complexity index is 514. The summed E-state index contributed by atoms with van der Waals surface area (Å²) in [6.07, 6.45) is 3.31. The zero-order chi connectivity index (χ0) is 13.5. The molecule has 5 nitrogen and oxygen atoms in total. The lowest BCUT2D eigenvalue weighted by atomic mass is 10.1. The van der Waals surface area contributed by atoms with Crippen LogP contribution in [0.15, 0.2) is 36.7 Å². The summed E-state index contributed by atoms with van der Waals surface area (Å²) < 4.78 is 10.4. The molecular formula is C14H17N3O2. The van der Waals surface area contributed by atoms with Crippen LogP contribution in [0.25, 0.3) is 11.3 Å². The van der Waals surface area contributed by atoms with Crippen molar-refractivity contribution in [1.82, 2.24) is 9.97 Å². The Labute approximate surface area is 112 Å². The van der Waals surface area contributed by atoms with E-state index in [1.54, 1.807) is 19.5 Å². The number of nitrogens with two attached hydrogens (primary N) is 1. The zero-order valence-corrected chi connectivity index (χ0v) is 10.9. The van der Waals surface area contributed by atoms with E-state index in [0.29, 0.717) is 19.8 Å². The van der Waals surface area contributed by atoms with E-state index in [2.05, 4.69) is 9.97 Å². The van der Waals surface area contributed by atoms with Crippen molar-refractivity contribution in [1.29, 1.82) is 0 Å². The predicted molar refractivity (Wildman–Crippen MR) is 72.7 cm³/mol. The van der Waals surface area contributed by atoms with Gasteiger partial charge in [0.1, 0.15) is 12.4 Å². The fourth-order valence-electron chi connectivity index (χ4n) is 1.71. The molecule has 1 aromatic heterocycles. The molecule has 2 aromatic rings. The number of hydrogen-bond donors (Lipinski definition) is 1. The van der Waals surface area contributed by atoms with Crippen molar-refractivity contribution in [3.8, 4) is 17.0 Å². The summed E-state index contributed by atoms with van der Waals surface area (Å²) in [5.41, 5.74) is 8.24. The maximum atomic E-state index is 5.66. The summed E-state index contributed by atoms with van der Waals surface area (Å²) in [4.78, 5) is 8.54. The van der Waals surface area contributed by atoms with Crippen molar-refractivity contribution >= 4 is 0 Å². The summed E-state index contributed by atoms with van der Waals surface area (Å²) in [5.74, 6) is 0.805. The molecule has 0 saturated carbocycles. The van der Waals surface area contributed by atoms with E-state index in [-0.39, 0.29) is 0 Å². The highest BCUT2D eigenvalue weighted by atomic mass is 16.5. The van der Waals surface area contributed by atoms with Gasteiger partial charge in [0.05, 0.1) is 18.0 Å². The number of benzene rings is 1. The summed E-state index contributed by atoms with van der Waals surface area (Å²) in [7, 11) is 1.65. The van der Waals surface area contributed by atoms with E-state index >= 15 is 0 Å². The molecule has 1 aromatic carbocycles. The second-order valence-electron chi connectivity index (χ2n) is 3.92. The molecule has 1 heterocycles. The molecule has 0 fully saturated rings. The molecule has 0 unspecified atom stereocenters. The maximum absolute atomic E-state index is 5.66. The fraction of sp³-hybridized carbons (Fsp3) is 0.286. The van der Waals surface area contributed by atoms with Gasteiger partial charge in [-0.1, -0.05) is 0 Å². The van der Waals surface area contributed by atoms with Crippen LogP contribution in [0.3, 0.4) is 0 Å². The topological polar surface area (TPSA) is 70.3 Å². The summed E-state index contributed by atoms with van der Waals surface area (Å²) in [6, 6.07) is 7.70. The lowest BCUT2D eigenvalue weighted by Gasteiger charge is -2.08. The van der Waals surface area contributed by atoms with E-state index in [9.17, 15) is 0 Å². The van der Waals surface area contributed by atoms with E-state index in [4.69, 9.17) is 15.2 Å². The second kappa shape index (κ2) is 6.82. The quantitative estimate of drug-likeness (QED) is 0.798. The number of methoxy groups -OCH3 is 1. The minimum Gasteiger partial charge on any atom is -0.491 e. The number of aromatic nitrogens is 2. The molecule has 100 valence electrons. The van der Waals surface area contributed by atoms with Gasteiger partial charge < -0.3 is 15.2 Å². The average molecular weight is 259 g/mol. The lowest BCUT2D eigenvalue weighted by Crippen LogP contribution is -2.04. The molecule has 0 spiro atoms. The van der Waals surface area contributed by atoms with Gasteiger partial charge in [0.15, 0.2) is 0 Å². The Morgan fingerprint density at radius 1 is 1.05 bits per heavy atom. The van der Waals surface area contributed by atoms with Crippen molar-refractivity contribution in [2.24, 2.45) is 5.73 Å². The van der Waals surface area contributed by atoms with Gasteiger partial charge in [0.25, 0.3) is 0 Å². The standard InChI is InChI=1S/C14H17N3O2/c1-18-8-9-19-12-4-2-11(3-5-12)14-13(10-15)16-6-7-17-14/h2-7H,8-10,15H2,1H3. The molecule has 0 aliphatic rings. The van der Waals surface area contributed by atoms with Gasteiger partial charge in [-0.05, 0) is 24.3 Å². The predicted octanol–water partition coefficient (Wildman–Crippen LogP) is 1.63. The van der Waals surface area contributed by atoms with Crippen LogP contribution in [0.2, 0.25) is 0 Å².